The zero-order valence-electron chi connectivity index (χ0n) is 14.8. The van der Waals surface area contributed by atoms with Gasteiger partial charge in [0.05, 0.1) is 29.2 Å². The van der Waals surface area contributed by atoms with Crippen molar-refractivity contribution in [3.05, 3.63) is 85.4 Å². The van der Waals surface area contributed by atoms with Crippen molar-refractivity contribution in [1.29, 1.82) is 0 Å². The molecule has 0 fully saturated rings. The molecule has 0 atom stereocenters. The van der Waals surface area contributed by atoms with Gasteiger partial charge in [-0.2, -0.15) is 10.2 Å². The molecule has 3 heterocycles. The Morgan fingerprint density at radius 2 is 1.90 bits per heavy atom. The fourth-order valence-corrected chi connectivity index (χ4v) is 4.20. The van der Waals surface area contributed by atoms with Gasteiger partial charge in [-0.1, -0.05) is 40.9 Å². The fourth-order valence-electron chi connectivity index (χ4n) is 2.73. The number of aromatic nitrogens is 4. The van der Waals surface area contributed by atoms with Gasteiger partial charge < -0.3 is 5.32 Å². The third kappa shape index (κ3) is 4.82. The summed E-state index contributed by atoms with van der Waals surface area (Å²) in [6.07, 6.45) is 5.07. The van der Waals surface area contributed by atoms with Crippen LogP contribution in [0.3, 0.4) is 0 Å². The van der Waals surface area contributed by atoms with Crippen LogP contribution in [0.5, 0.6) is 0 Å². The number of benzene rings is 1. The van der Waals surface area contributed by atoms with Crippen LogP contribution in [-0.2, 0) is 13.1 Å². The molecule has 6 nitrogen and oxygen atoms in total. The van der Waals surface area contributed by atoms with E-state index >= 15 is 0 Å². The quantitative estimate of drug-likeness (QED) is 0.411. The fraction of sp³-hybridized carbons (Fsp3) is 0.105. The molecular weight excluding hydrogens is 453 g/mol. The summed E-state index contributed by atoms with van der Waals surface area (Å²) in [6, 6.07) is 8.90. The van der Waals surface area contributed by atoms with Crippen LogP contribution in [0.25, 0.3) is 0 Å². The Kier molecular flexibility index (Phi) is 5.91. The number of carbonyl (C=O) groups excluding carboxylic acids is 1. The van der Waals surface area contributed by atoms with E-state index in [9.17, 15) is 4.79 Å². The molecule has 0 aliphatic rings. The van der Waals surface area contributed by atoms with Gasteiger partial charge in [-0.3, -0.25) is 14.2 Å². The molecule has 10 heteroatoms. The van der Waals surface area contributed by atoms with Gasteiger partial charge in [-0.05, 0) is 29.1 Å². The first-order valence-electron chi connectivity index (χ1n) is 8.51. The largest absolute Gasteiger partial charge is 0.304 e. The van der Waals surface area contributed by atoms with Crippen LogP contribution in [-0.4, -0.2) is 25.5 Å². The molecule has 3 aromatic heterocycles. The Hall–Kier alpha value is -2.32. The minimum Gasteiger partial charge on any atom is -0.304 e. The average molecular weight is 467 g/mol. The van der Waals surface area contributed by atoms with E-state index in [0.29, 0.717) is 38.9 Å². The Morgan fingerprint density at radius 3 is 2.62 bits per heavy atom. The minimum atomic E-state index is -0.222. The van der Waals surface area contributed by atoms with Crippen LogP contribution in [0.15, 0.2) is 54.3 Å². The van der Waals surface area contributed by atoms with Gasteiger partial charge in [-0.15, -0.1) is 11.3 Å². The van der Waals surface area contributed by atoms with E-state index in [4.69, 9.17) is 34.8 Å². The van der Waals surface area contributed by atoms with Gasteiger partial charge in [0.15, 0.2) is 5.82 Å². The van der Waals surface area contributed by atoms with E-state index < -0.39 is 0 Å². The summed E-state index contributed by atoms with van der Waals surface area (Å²) in [4.78, 5) is 13.1. The average Bonchev–Trinajstić information content (AvgIpc) is 3.41. The van der Waals surface area contributed by atoms with E-state index in [2.05, 4.69) is 15.5 Å². The number of amides is 1. The second-order valence-electron chi connectivity index (χ2n) is 6.23. The van der Waals surface area contributed by atoms with Crippen LogP contribution < -0.4 is 5.32 Å². The van der Waals surface area contributed by atoms with E-state index in [0.717, 1.165) is 11.1 Å². The van der Waals surface area contributed by atoms with E-state index in [1.165, 1.54) is 11.3 Å². The second kappa shape index (κ2) is 8.59. The van der Waals surface area contributed by atoms with Crippen LogP contribution in [0, 0.1) is 0 Å². The highest BCUT2D eigenvalue weighted by Gasteiger charge is 2.13. The number of nitrogens with one attached hydrogen (secondary N) is 1. The molecule has 29 heavy (non-hydrogen) atoms. The number of nitrogens with zero attached hydrogens (tertiary/aromatic N) is 4. The number of hydrogen-bond donors (Lipinski definition) is 1. The summed E-state index contributed by atoms with van der Waals surface area (Å²) in [5.41, 5.74) is 1.75. The molecule has 4 rings (SSSR count). The van der Waals surface area contributed by atoms with Gasteiger partial charge in [0.2, 0.25) is 0 Å². The first kappa shape index (κ1) is 20.0. The van der Waals surface area contributed by atoms with Crippen LogP contribution in [0.4, 0.5) is 5.82 Å². The van der Waals surface area contributed by atoms with Crippen LogP contribution in [0.1, 0.15) is 20.8 Å². The molecule has 1 N–H and O–H groups in total. The summed E-state index contributed by atoms with van der Waals surface area (Å²) < 4.78 is 3.39. The predicted octanol–water partition coefficient (Wildman–Crippen LogP) is 5.45. The molecule has 0 unspecified atom stereocenters. The Labute approximate surface area is 185 Å². The van der Waals surface area contributed by atoms with Gasteiger partial charge in [0.25, 0.3) is 5.91 Å². The molecule has 0 radical (unpaired) electrons. The molecule has 1 aromatic carbocycles. The molecule has 0 bridgehead atoms. The number of hydrogen-bond acceptors (Lipinski definition) is 4. The monoisotopic (exact) mass is 465 g/mol. The molecule has 0 spiro atoms. The third-order valence-electron chi connectivity index (χ3n) is 4.09. The van der Waals surface area contributed by atoms with Crippen molar-refractivity contribution in [1.82, 2.24) is 19.6 Å². The standard InChI is InChI=1S/C19H14Cl3N5OS/c20-13-7-23-27(9-13)8-12-6-17(29-11-12)19(28)24-18-4-5-26(25-18)10-14-15(21)2-1-3-16(14)22/h1-7,9,11H,8,10H2,(H,24,25,28). The summed E-state index contributed by atoms with van der Waals surface area (Å²) in [5.74, 6) is 0.229. The Morgan fingerprint density at radius 1 is 1.10 bits per heavy atom. The highest BCUT2D eigenvalue weighted by atomic mass is 35.5. The lowest BCUT2D eigenvalue weighted by molar-refractivity contribution is 0.103. The molecule has 0 saturated carbocycles. The van der Waals surface area contributed by atoms with Gasteiger partial charge in [0, 0.05) is 34.1 Å². The van der Waals surface area contributed by atoms with Gasteiger partial charge >= 0.3 is 0 Å². The first-order valence-corrected chi connectivity index (χ1v) is 10.5. The van der Waals surface area contributed by atoms with Crippen molar-refractivity contribution >= 4 is 57.9 Å². The third-order valence-corrected chi connectivity index (χ3v) is 5.97. The lowest BCUT2D eigenvalue weighted by Gasteiger charge is -2.07. The molecule has 0 aliphatic heterocycles. The zero-order valence-corrected chi connectivity index (χ0v) is 17.9. The lowest BCUT2D eigenvalue weighted by Crippen LogP contribution is -2.11. The summed E-state index contributed by atoms with van der Waals surface area (Å²) >= 11 is 19.6. The van der Waals surface area contributed by atoms with E-state index in [-0.39, 0.29) is 5.91 Å². The normalized spacial score (nSPS) is 11.0. The van der Waals surface area contributed by atoms with Gasteiger partial charge in [-0.25, -0.2) is 0 Å². The maximum atomic E-state index is 12.5. The predicted molar refractivity (Wildman–Crippen MR) is 116 cm³/mol. The summed E-state index contributed by atoms with van der Waals surface area (Å²) in [5, 5.41) is 15.0. The molecule has 0 saturated heterocycles. The highest BCUT2D eigenvalue weighted by molar-refractivity contribution is 7.12. The first-order chi connectivity index (χ1) is 14.0. The number of anilines is 1. The summed E-state index contributed by atoms with van der Waals surface area (Å²) in [6.45, 7) is 0.952. The Bertz CT molecular complexity index is 1150. The number of halogens is 3. The van der Waals surface area contributed by atoms with Gasteiger partial charge in [0.1, 0.15) is 0 Å². The van der Waals surface area contributed by atoms with Crippen molar-refractivity contribution in [3.63, 3.8) is 0 Å². The Balaban J connectivity index is 1.40. The minimum absolute atomic E-state index is 0.222. The van der Waals surface area contributed by atoms with Crippen LogP contribution in [0.2, 0.25) is 15.1 Å². The maximum Gasteiger partial charge on any atom is 0.266 e. The van der Waals surface area contributed by atoms with E-state index in [1.54, 1.807) is 52.2 Å². The number of rotatable bonds is 6. The summed E-state index contributed by atoms with van der Waals surface area (Å²) in [7, 11) is 0. The molecular formula is C19H14Cl3N5OS. The zero-order chi connectivity index (χ0) is 20.4. The molecule has 4 aromatic rings. The molecule has 148 valence electrons. The van der Waals surface area contributed by atoms with E-state index in [1.807, 2.05) is 11.4 Å². The smallest absolute Gasteiger partial charge is 0.266 e. The second-order valence-corrected chi connectivity index (χ2v) is 8.39. The van der Waals surface area contributed by atoms with Crippen molar-refractivity contribution in [2.75, 3.05) is 5.32 Å². The SMILES string of the molecule is O=C(Nc1ccn(Cc2c(Cl)cccc2Cl)n1)c1cc(Cn2cc(Cl)cn2)cs1. The van der Waals surface area contributed by atoms with Crippen molar-refractivity contribution in [2.24, 2.45) is 0 Å². The lowest BCUT2D eigenvalue weighted by atomic mass is 10.2. The van der Waals surface area contributed by atoms with Crippen LogP contribution >= 0.6 is 46.1 Å². The number of thiophene rings is 1. The van der Waals surface area contributed by atoms with Crippen molar-refractivity contribution < 1.29 is 4.79 Å². The highest BCUT2D eigenvalue weighted by Crippen LogP contribution is 2.25. The van der Waals surface area contributed by atoms with Crippen molar-refractivity contribution in [3.8, 4) is 0 Å². The number of carbonyl (C=O) groups is 1. The topological polar surface area (TPSA) is 64.7 Å². The molecule has 0 aliphatic carbocycles. The van der Waals surface area contributed by atoms with Crippen molar-refractivity contribution in [2.45, 2.75) is 13.1 Å². The molecule has 1 amide bonds. The maximum absolute atomic E-state index is 12.5.